The maximum absolute atomic E-state index is 12.9. The molecule has 0 saturated carbocycles. The number of carbonyl (C=O) groups is 2. The Balaban J connectivity index is 1.34. The predicted octanol–water partition coefficient (Wildman–Crippen LogP) is 5.07. The third-order valence-corrected chi connectivity index (χ3v) is 6.67. The van der Waals surface area contributed by atoms with E-state index in [4.69, 9.17) is 11.6 Å². The van der Waals surface area contributed by atoms with Crippen molar-refractivity contribution >= 4 is 34.8 Å². The quantitative estimate of drug-likeness (QED) is 0.723. The highest BCUT2D eigenvalue weighted by atomic mass is 35.5. The van der Waals surface area contributed by atoms with Gasteiger partial charge in [0.15, 0.2) is 0 Å². The first kappa shape index (κ1) is 21.7. The van der Waals surface area contributed by atoms with E-state index >= 15 is 0 Å². The van der Waals surface area contributed by atoms with E-state index in [1.807, 2.05) is 12.1 Å². The van der Waals surface area contributed by atoms with Crippen LogP contribution in [0.2, 0.25) is 5.02 Å². The predicted molar refractivity (Wildman–Crippen MR) is 126 cm³/mol. The average molecular weight is 440 g/mol. The molecule has 164 valence electrons. The molecule has 1 N–H and O–H groups in total. The van der Waals surface area contributed by atoms with Crippen LogP contribution in [0.1, 0.15) is 43.0 Å². The molecule has 0 spiro atoms. The second-order valence-electron chi connectivity index (χ2n) is 8.81. The van der Waals surface area contributed by atoms with E-state index in [-0.39, 0.29) is 17.7 Å². The van der Waals surface area contributed by atoms with Gasteiger partial charge in [-0.1, -0.05) is 24.6 Å². The van der Waals surface area contributed by atoms with Gasteiger partial charge in [-0.2, -0.15) is 0 Å². The molecule has 2 aromatic carbocycles. The van der Waals surface area contributed by atoms with Crippen LogP contribution < -0.4 is 10.2 Å². The Labute approximate surface area is 189 Å². The zero-order valence-corrected chi connectivity index (χ0v) is 18.8. The first-order valence-corrected chi connectivity index (χ1v) is 11.6. The Morgan fingerprint density at radius 2 is 1.74 bits per heavy atom. The summed E-state index contributed by atoms with van der Waals surface area (Å²) in [7, 11) is 0. The van der Waals surface area contributed by atoms with E-state index in [2.05, 4.69) is 29.3 Å². The molecule has 2 amide bonds. The van der Waals surface area contributed by atoms with Crippen LogP contribution >= 0.6 is 11.6 Å². The van der Waals surface area contributed by atoms with Gasteiger partial charge in [0, 0.05) is 48.1 Å². The number of nitrogens with one attached hydrogen (secondary N) is 1. The molecule has 0 radical (unpaired) electrons. The number of amides is 2. The molecule has 0 aromatic heterocycles. The van der Waals surface area contributed by atoms with Crippen molar-refractivity contribution in [3.05, 3.63) is 59.1 Å². The molecular formula is C25H30ClN3O2. The lowest BCUT2D eigenvalue weighted by molar-refractivity contribution is -0.121. The normalized spacial score (nSPS) is 19.9. The highest BCUT2D eigenvalue weighted by Crippen LogP contribution is 2.25. The lowest BCUT2D eigenvalue weighted by Crippen LogP contribution is -2.43. The molecule has 6 heteroatoms. The molecule has 2 saturated heterocycles. The topological polar surface area (TPSA) is 52.7 Å². The first-order valence-electron chi connectivity index (χ1n) is 11.2. The van der Waals surface area contributed by atoms with Gasteiger partial charge in [-0.05, 0) is 74.1 Å². The molecule has 2 aliphatic heterocycles. The molecule has 31 heavy (non-hydrogen) atoms. The molecule has 2 fully saturated rings. The van der Waals surface area contributed by atoms with Crippen LogP contribution in [0, 0.1) is 11.8 Å². The van der Waals surface area contributed by atoms with Gasteiger partial charge in [-0.3, -0.25) is 9.59 Å². The van der Waals surface area contributed by atoms with Crippen molar-refractivity contribution in [2.75, 3.05) is 36.4 Å². The number of benzene rings is 2. The molecule has 2 aliphatic rings. The average Bonchev–Trinajstić information content (AvgIpc) is 2.80. The molecule has 0 bridgehead atoms. The molecule has 2 heterocycles. The lowest BCUT2D eigenvalue weighted by Gasteiger charge is -2.32. The summed E-state index contributed by atoms with van der Waals surface area (Å²) in [5.41, 5.74) is 2.58. The van der Waals surface area contributed by atoms with Gasteiger partial charge in [0.1, 0.15) is 0 Å². The van der Waals surface area contributed by atoms with Gasteiger partial charge in [-0.25, -0.2) is 0 Å². The van der Waals surface area contributed by atoms with Gasteiger partial charge in [0.2, 0.25) is 5.91 Å². The summed E-state index contributed by atoms with van der Waals surface area (Å²) in [6.45, 7) is 5.58. The SMILES string of the molecule is CC1CCN(c2ccc(NC(=O)[C@H]3CCCN(C(=O)c4cccc(Cl)c4)C3)cc2)CC1. The maximum atomic E-state index is 12.9. The number of halogens is 1. The summed E-state index contributed by atoms with van der Waals surface area (Å²) < 4.78 is 0. The van der Waals surface area contributed by atoms with Gasteiger partial charge in [0.25, 0.3) is 5.91 Å². The third kappa shape index (κ3) is 5.40. The van der Waals surface area contributed by atoms with E-state index in [9.17, 15) is 9.59 Å². The Morgan fingerprint density at radius 3 is 2.45 bits per heavy atom. The standard InChI is InChI=1S/C25H30ClN3O2/c1-18-11-14-28(15-12-18)23-9-7-22(8-10-23)27-24(30)20-5-3-13-29(17-20)25(31)19-4-2-6-21(26)16-19/h2,4,6-10,16,18,20H,3,5,11-15,17H2,1H3,(H,27,30)/t20-/m0/s1. The number of hydrogen-bond donors (Lipinski definition) is 1. The Hall–Kier alpha value is -2.53. The van der Waals surface area contributed by atoms with Crippen molar-refractivity contribution in [1.29, 1.82) is 0 Å². The summed E-state index contributed by atoms with van der Waals surface area (Å²) in [5, 5.41) is 3.58. The van der Waals surface area contributed by atoms with Crippen molar-refractivity contribution in [1.82, 2.24) is 4.90 Å². The summed E-state index contributed by atoms with van der Waals surface area (Å²) in [6, 6.07) is 15.1. The Kier molecular flexibility index (Phi) is 6.81. The highest BCUT2D eigenvalue weighted by molar-refractivity contribution is 6.30. The van der Waals surface area contributed by atoms with Crippen LogP contribution in [0.15, 0.2) is 48.5 Å². The van der Waals surface area contributed by atoms with Crippen molar-refractivity contribution in [3.8, 4) is 0 Å². The van der Waals surface area contributed by atoms with E-state index in [1.54, 1.807) is 29.2 Å². The molecule has 2 aromatic rings. The minimum atomic E-state index is -0.208. The van der Waals surface area contributed by atoms with Gasteiger partial charge in [0.05, 0.1) is 5.92 Å². The fraction of sp³-hybridized carbons (Fsp3) is 0.440. The number of piperidine rings is 2. The summed E-state index contributed by atoms with van der Waals surface area (Å²) in [5.74, 6) is 0.499. The molecule has 1 atom stereocenters. The van der Waals surface area contributed by atoms with Crippen LogP contribution in [0.4, 0.5) is 11.4 Å². The van der Waals surface area contributed by atoms with Crippen LogP contribution in [0.3, 0.4) is 0 Å². The third-order valence-electron chi connectivity index (χ3n) is 6.43. The lowest BCUT2D eigenvalue weighted by atomic mass is 9.96. The second kappa shape index (κ2) is 9.73. The number of hydrogen-bond acceptors (Lipinski definition) is 3. The minimum absolute atomic E-state index is 0.0249. The van der Waals surface area contributed by atoms with E-state index in [0.29, 0.717) is 23.7 Å². The molecule has 0 aliphatic carbocycles. The van der Waals surface area contributed by atoms with E-state index in [0.717, 1.165) is 37.5 Å². The zero-order valence-electron chi connectivity index (χ0n) is 18.0. The Bertz CT molecular complexity index is 923. The number of anilines is 2. The number of likely N-dealkylation sites (tertiary alicyclic amines) is 1. The fourth-order valence-corrected chi connectivity index (χ4v) is 4.64. The van der Waals surface area contributed by atoms with Gasteiger partial charge >= 0.3 is 0 Å². The van der Waals surface area contributed by atoms with Crippen LogP contribution in [-0.2, 0) is 4.79 Å². The monoisotopic (exact) mass is 439 g/mol. The van der Waals surface area contributed by atoms with Crippen LogP contribution in [-0.4, -0.2) is 42.9 Å². The molecule has 5 nitrogen and oxygen atoms in total. The van der Waals surface area contributed by atoms with Crippen molar-refractivity contribution in [2.24, 2.45) is 11.8 Å². The second-order valence-corrected chi connectivity index (χ2v) is 9.24. The van der Waals surface area contributed by atoms with Crippen molar-refractivity contribution in [3.63, 3.8) is 0 Å². The van der Waals surface area contributed by atoms with Crippen LogP contribution in [0.25, 0.3) is 0 Å². The number of rotatable bonds is 4. The Morgan fingerprint density at radius 1 is 1.00 bits per heavy atom. The molecular weight excluding hydrogens is 410 g/mol. The van der Waals surface area contributed by atoms with Gasteiger partial charge in [-0.15, -0.1) is 0 Å². The molecule has 0 unspecified atom stereocenters. The van der Waals surface area contributed by atoms with E-state index in [1.165, 1.54) is 18.5 Å². The zero-order chi connectivity index (χ0) is 21.8. The molecule has 4 rings (SSSR count). The number of nitrogens with zero attached hydrogens (tertiary/aromatic N) is 2. The van der Waals surface area contributed by atoms with Crippen LogP contribution in [0.5, 0.6) is 0 Å². The van der Waals surface area contributed by atoms with Gasteiger partial charge < -0.3 is 15.1 Å². The summed E-state index contributed by atoms with van der Waals surface area (Å²) in [4.78, 5) is 29.9. The van der Waals surface area contributed by atoms with E-state index < -0.39 is 0 Å². The van der Waals surface area contributed by atoms with Crippen molar-refractivity contribution < 1.29 is 9.59 Å². The van der Waals surface area contributed by atoms with Crippen molar-refractivity contribution in [2.45, 2.75) is 32.6 Å². The largest absolute Gasteiger partial charge is 0.372 e. The minimum Gasteiger partial charge on any atom is -0.372 e. The summed E-state index contributed by atoms with van der Waals surface area (Å²) >= 11 is 6.03. The fourth-order valence-electron chi connectivity index (χ4n) is 4.45. The smallest absolute Gasteiger partial charge is 0.253 e. The summed E-state index contributed by atoms with van der Waals surface area (Å²) in [6.07, 6.45) is 4.06. The maximum Gasteiger partial charge on any atom is 0.253 e. The number of carbonyl (C=O) groups excluding carboxylic acids is 2. The highest BCUT2D eigenvalue weighted by Gasteiger charge is 2.29. The first-order chi connectivity index (χ1) is 15.0.